The van der Waals surface area contributed by atoms with Crippen molar-refractivity contribution in [1.82, 2.24) is 5.32 Å². The number of aldehydes is 1. The summed E-state index contributed by atoms with van der Waals surface area (Å²) in [4.78, 5) is 22.8. The van der Waals surface area contributed by atoms with Crippen LogP contribution in [0.3, 0.4) is 0 Å². The van der Waals surface area contributed by atoms with Crippen LogP contribution < -0.4 is 5.32 Å². The Morgan fingerprint density at radius 3 is 2.26 bits per heavy atom. The third-order valence-corrected chi connectivity index (χ3v) is 4.22. The molecule has 1 N–H and O–H groups in total. The van der Waals surface area contributed by atoms with Gasteiger partial charge in [-0.05, 0) is 11.1 Å². The lowest BCUT2D eigenvalue weighted by Gasteiger charge is -2.13. The van der Waals surface area contributed by atoms with Gasteiger partial charge in [0.25, 0.3) is 0 Å². The van der Waals surface area contributed by atoms with Crippen molar-refractivity contribution in [3.63, 3.8) is 0 Å². The zero-order valence-electron chi connectivity index (χ0n) is 12.7. The lowest BCUT2D eigenvalue weighted by Crippen LogP contribution is -2.38. The Balaban J connectivity index is 1.69. The van der Waals surface area contributed by atoms with Gasteiger partial charge in [0.2, 0.25) is 0 Å². The largest absolute Gasteiger partial charge is 0.445 e. The predicted molar refractivity (Wildman–Crippen MR) is 92.2 cm³/mol. The number of amides is 1. The van der Waals surface area contributed by atoms with Gasteiger partial charge in [0.05, 0.1) is 6.04 Å². The van der Waals surface area contributed by atoms with Gasteiger partial charge in [-0.2, -0.15) is 11.8 Å². The van der Waals surface area contributed by atoms with Gasteiger partial charge in [0, 0.05) is 11.5 Å². The summed E-state index contributed by atoms with van der Waals surface area (Å²) >= 11 is 1.59. The van der Waals surface area contributed by atoms with E-state index < -0.39 is 12.1 Å². The summed E-state index contributed by atoms with van der Waals surface area (Å²) in [6.07, 6.45) is 0.160. The van der Waals surface area contributed by atoms with Crippen LogP contribution in [-0.2, 0) is 21.9 Å². The molecule has 0 aliphatic rings. The molecule has 0 saturated carbocycles. The fourth-order valence-corrected chi connectivity index (χ4v) is 2.87. The van der Waals surface area contributed by atoms with Crippen LogP contribution in [0.1, 0.15) is 11.1 Å². The molecule has 0 unspecified atom stereocenters. The van der Waals surface area contributed by atoms with Crippen LogP contribution in [0.5, 0.6) is 0 Å². The van der Waals surface area contributed by atoms with E-state index in [4.69, 9.17) is 4.74 Å². The second-order valence-corrected chi connectivity index (χ2v) is 5.98. The zero-order chi connectivity index (χ0) is 16.3. The molecule has 1 amide bonds. The number of hydrogen-bond donors (Lipinski definition) is 1. The first-order valence-electron chi connectivity index (χ1n) is 7.32. The SMILES string of the molecule is O=C[C@H](CSCc1ccccc1)NC(=O)OCc1ccccc1. The van der Waals surface area contributed by atoms with E-state index in [-0.39, 0.29) is 6.61 Å². The first-order valence-corrected chi connectivity index (χ1v) is 8.47. The third kappa shape index (κ3) is 6.57. The molecule has 0 aromatic heterocycles. The molecule has 1 atom stereocenters. The quantitative estimate of drug-likeness (QED) is 0.754. The smallest absolute Gasteiger partial charge is 0.408 e. The number of thioether (sulfide) groups is 1. The molecular weight excluding hydrogens is 310 g/mol. The highest BCUT2D eigenvalue weighted by Crippen LogP contribution is 2.12. The minimum absolute atomic E-state index is 0.190. The Kier molecular flexibility index (Phi) is 7.20. The maximum absolute atomic E-state index is 11.7. The van der Waals surface area contributed by atoms with Crippen LogP contribution in [0.25, 0.3) is 0 Å². The lowest BCUT2D eigenvalue weighted by molar-refractivity contribution is -0.109. The molecule has 2 rings (SSSR count). The van der Waals surface area contributed by atoms with E-state index in [1.54, 1.807) is 11.8 Å². The van der Waals surface area contributed by atoms with Crippen molar-refractivity contribution in [2.75, 3.05) is 5.75 Å². The molecule has 0 saturated heterocycles. The number of nitrogens with one attached hydrogen (secondary N) is 1. The molecule has 0 bridgehead atoms. The topological polar surface area (TPSA) is 55.4 Å². The maximum Gasteiger partial charge on any atom is 0.408 e. The van der Waals surface area contributed by atoms with Gasteiger partial charge in [-0.25, -0.2) is 4.79 Å². The van der Waals surface area contributed by atoms with Crippen LogP contribution in [0, 0.1) is 0 Å². The Labute approximate surface area is 140 Å². The number of alkyl carbamates (subject to hydrolysis) is 1. The number of ether oxygens (including phenoxy) is 1. The van der Waals surface area contributed by atoms with Crippen LogP contribution in [0.4, 0.5) is 4.79 Å². The summed E-state index contributed by atoms with van der Waals surface area (Å²) in [7, 11) is 0. The summed E-state index contributed by atoms with van der Waals surface area (Å²) in [6, 6.07) is 18.8. The number of carbonyl (C=O) groups excluding carboxylic acids is 2. The number of rotatable bonds is 8. The molecule has 0 fully saturated rings. The van der Waals surface area contributed by atoms with Crippen LogP contribution in [0.15, 0.2) is 60.7 Å². The van der Waals surface area contributed by atoms with Gasteiger partial charge in [0.15, 0.2) is 0 Å². The highest BCUT2D eigenvalue weighted by atomic mass is 32.2. The molecule has 120 valence electrons. The normalized spacial score (nSPS) is 11.5. The molecule has 2 aromatic rings. The standard InChI is InChI=1S/C18H19NO3S/c20-11-17(14-23-13-16-9-5-2-6-10-16)19-18(21)22-12-15-7-3-1-4-8-15/h1-11,17H,12-14H2,(H,19,21)/t17-/m1/s1. The van der Waals surface area contributed by atoms with Crippen molar-refractivity contribution in [3.05, 3.63) is 71.8 Å². The minimum Gasteiger partial charge on any atom is -0.445 e. The van der Waals surface area contributed by atoms with Crippen molar-refractivity contribution in [3.8, 4) is 0 Å². The predicted octanol–water partition coefficient (Wildman–Crippen LogP) is 3.41. The molecule has 2 aromatic carbocycles. The van der Waals surface area contributed by atoms with Crippen LogP contribution in [-0.4, -0.2) is 24.2 Å². The van der Waals surface area contributed by atoms with Gasteiger partial charge in [-0.3, -0.25) is 0 Å². The van der Waals surface area contributed by atoms with Gasteiger partial charge in [0.1, 0.15) is 12.9 Å². The lowest BCUT2D eigenvalue weighted by atomic mass is 10.2. The molecule has 4 nitrogen and oxygen atoms in total. The van der Waals surface area contributed by atoms with Crippen LogP contribution >= 0.6 is 11.8 Å². The van der Waals surface area contributed by atoms with E-state index in [1.807, 2.05) is 60.7 Å². The monoisotopic (exact) mass is 329 g/mol. The minimum atomic E-state index is -0.578. The molecule has 0 aliphatic carbocycles. The molecular formula is C18H19NO3S. The Bertz CT molecular complexity index is 604. The molecule has 0 radical (unpaired) electrons. The Morgan fingerprint density at radius 1 is 1.04 bits per heavy atom. The van der Waals surface area contributed by atoms with E-state index in [2.05, 4.69) is 5.32 Å². The Morgan fingerprint density at radius 2 is 1.65 bits per heavy atom. The first kappa shape index (κ1) is 17.1. The van der Waals surface area contributed by atoms with Crippen molar-refractivity contribution >= 4 is 24.1 Å². The number of benzene rings is 2. The van der Waals surface area contributed by atoms with Gasteiger partial charge < -0.3 is 14.8 Å². The fraction of sp³-hybridized carbons (Fsp3) is 0.222. The van der Waals surface area contributed by atoms with E-state index in [0.29, 0.717) is 5.75 Å². The molecule has 23 heavy (non-hydrogen) atoms. The summed E-state index contributed by atoms with van der Waals surface area (Å²) in [5.41, 5.74) is 2.09. The van der Waals surface area contributed by atoms with Gasteiger partial charge >= 0.3 is 6.09 Å². The molecule has 0 spiro atoms. The highest BCUT2D eigenvalue weighted by molar-refractivity contribution is 7.98. The molecule has 0 heterocycles. The van der Waals surface area contributed by atoms with Gasteiger partial charge in [-0.1, -0.05) is 60.7 Å². The maximum atomic E-state index is 11.7. The second kappa shape index (κ2) is 9.69. The summed E-state index contributed by atoms with van der Waals surface area (Å²) in [5.74, 6) is 1.31. The van der Waals surface area contributed by atoms with E-state index >= 15 is 0 Å². The average Bonchev–Trinajstić information content (AvgIpc) is 2.61. The van der Waals surface area contributed by atoms with Gasteiger partial charge in [-0.15, -0.1) is 0 Å². The molecule has 5 heteroatoms. The Hall–Kier alpha value is -2.27. The number of hydrogen-bond acceptors (Lipinski definition) is 4. The van der Waals surface area contributed by atoms with E-state index in [9.17, 15) is 9.59 Å². The van der Waals surface area contributed by atoms with Crippen molar-refractivity contribution in [2.45, 2.75) is 18.4 Å². The van der Waals surface area contributed by atoms with E-state index in [0.717, 1.165) is 17.6 Å². The zero-order valence-corrected chi connectivity index (χ0v) is 13.5. The van der Waals surface area contributed by atoms with E-state index in [1.165, 1.54) is 5.56 Å². The molecule has 0 aliphatic heterocycles. The summed E-state index contributed by atoms with van der Waals surface area (Å²) in [5, 5.41) is 2.57. The third-order valence-electron chi connectivity index (χ3n) is 3.09. The highest BCUT2D eigenvalue weighted by Gasteiger charge is 2.12. The second-order valence-electron chi connectivity index (χ2n) is 4.95. The van der Waals surface area contributed by atoms with Crippen LogP contribution in [0.2, 0.25) is 0 Å². The first-order chi connectivity index (χ1) is 11.3. The average molecular weight is 329 g/mol. The van der Waals surface area contributed by atoms with Crippen molar-refractivity contribution < 1.29 is 14.3 Å². The summed E-state index contributed by atoms with van der Waals surface area (Å²) in [6.45, 7) is 0.190. The van der Waals surface area contributed by atoms with Crippen molar-refractivity contribution in [2.24, 2.45) is 0 Å². The fourth-order valence-electron chi connectivity index (χ4n) is 1.91. The summed E-state index contributed by atoms with van der Waals surface area (Å²) < 4.78 is 5.11. The number of carbonyl (C=O) groups is 2. The van der Waals surface area contributed by atoms with Crippen molar-refractivity contribution in [1.29, 1.82) is 0 Å².